The molecule has 140 valence electrons. The predicted molar refractivity (Wildman–Crippen MR) is 104 cm³/mol. The quantitative estimate of drug-likeness (QED) is 0.855. The number of rotatable bonds is 5. The molecule has 0 bridgehead atoms. The van der Waals surface area contributed by atoms with Crippen molar-refractivity contribution in [2.75, 3.05) is 25.0 Å². The van der Waals surface area contributed by atoms with E-state index in [1.807, 2.05) is 11.0 Å². The number of likely N-dealkylation sites (tertiary alicyclic amines) is 1. The van der Waals surface area contributed by atoms with E-state index in [9.17, 15) is 14.4 Å². The number of hydrogen-bond donors (Lipinski definition) is 2. The van der Waals surface area contributed by atoms with Crippen LogP contribution in [0.1, 0.15) is 40.0 Å². The van der Waals surface area contributed by atoms with Crippen LogP contribution in [0.25, 0.3) is 0 Å². The topological polar surface area (TPSA) is 78.5 Å². The summed E-state index contributed by atoms with van der Waals surface area (Å²) in [5, 5.41) is 5.30. The van der Waals surface area contributed by atoms with E-state index in [-0.39, 0.29) is 24.3 Å². The van der Waals surface area contributed by atoms with Crippen LogP contribution in [-0.4, -0.2) is 42.3 Å². The molecule has 1 aliphatic heterocycles. The number of amides is 3. The molecule has 1 heterocycles. The Bertz CT molecular complexity index is 814. The summed E-state index contributed by atoms with van der Waals surface area (Å²) in [6.07, 6.45) is 3.22. The first-order chi connectivity index (χ1) is 13.1. The minimum Gasteiger partial charge on any atom is -0.343 e. The molecule has 0 aliphatic carbocycles. The second-order valence-electron chi connectivity index (χ2n) is 6.53. The van der Waals surface area contributed by atoms with Gasteiger partial charge < -0.3 is 15.5 Å². The zero-order valence-electron chi connectivity index (χ0n) is 15.1. The molecular formula is C21H23N3O3. The number of hydrogen-bond acceptors (Lipinski definition) is 3. The maximum absolute atomic E-state index is 12.6. The van der Waals surface area contributed by atoms with Gasteiger partial charge in [0.1, 0.15) is 0 Å². The minimum absolute atomic E-state index is 0.0109. The Labute approximate surface area is 158 Å². The third-order valence-corrected chi connectivity index (χ3v) is 4.48. The molecule has 3 rings (SSSR count). The fraction of sp³-hybridized carbons (Fsp3) is 0.286. The van der Waals surface area contributed by atoms with Gasteiger partial charge in [-0.1, -0.05) is 24.3 Å². The van der Waals surface area contributed by atoms with Gasteiger partial charge in [0, 0.05) is 29.9 Å². The molecule has 0 saturated carbocycles. The van der Waals surface area contributed by atoms with E-state index in [4.69, 9.17) is 0 Å². The average Bonchev–Trinajstić information content (AvgIpc) is 2.73. The molecule has 0 atom stereocenters. The monoisotopic (exact) mass is 365 g/mol. The van der Waals surface area contributed by atoms with E-state index in [1.54, 1.807) is 48.5 Å². The first-order valence-electron chi connectivity index (χ1n) is 9.16. The third kappa shape index (κ3) is 5.17. The molecule has 1 saturated heterocycles. The van der Waals surface area contributed by atoms with Gasteiger partial charge in [0.05, 0.1) is 6.54 Å². The summed E-state index contributed by atoms with van der Waals surface area (Å²) in [7, 11) is 0. The number of nitrogens with zero attached hydrogens (tertiary/aromatic N) is 1. The second-order valence-corrected chi connectivity index (χ2v) is 6.53. The molecule has 0 radical (unpaired) electrons. The number of anilines is 1. The molecule has 1 aliphatic rings. The van der Waals surface area contributed by atoms with Gasteiger partial charge in [0.15, 0.2) is 0 Å². The molecule has 6 heteroatoms. The van der Waals surface area contributed by atoms with Crippen LogP contribution in [0.4, 0.5) is 5.69 Å². The van der Waals surface area contributed by atoms with Crippen molar-refractivity contribution in [2.24, 2.45) is 0 Å². The Morgan fingerprint density at radius 1 is 0.852 bits per heavy atom. The van der Waals surface area contributed by atoms with Crippen molar-refractivity contribution in [1.82, 2.24) is 10.2 Å². The maximum atomic E-state index is 12.6. The SMILES string of the molecule is O=C(CNC(=O)c1ccccc1)Nc1cccc(C(=O)N2CCCCC2)c1. The van der Waals surface area contributed by atoms with E-state index >= 15 is 0 Å². The highest BCUT2D eigenvalue weighted by Crippen LogP contribution is 2.16. The van der Waals surface area contributed by atoms with Crippen molar-refractivity contribution in [1.29, 1.82) is 0 Å². The Kier molecular flexibility index (Phi) is 6.20. The lowest BCUT2D eigenvalue weighted by atomic mass is 10.1. The van der Waals surface area contributed by atoms with E-state index in [2.05, 4.69) is 10.6 Å². The molecule has 0 unspecified atom stereocenters. The predicted octanol–water partition coefficient (Wildman–Crippen LogP) is 2.68. The zero-order valence-corrected chi connectivity index (χ0v) is 15.1. The highest BCUT2D eigenvalue weighted by Gasteiger charge is 2.18. The van der Waals surface area contributed by atoms with Gasteiger partial charge in [-0.25, -0.2) is 0 Å². The first kappa shape index (κ1) is 18.6. The van der Waals surface area contributed by atoms with Crippen LogP contribution in [0, 0.1) is 0 Å². The lowest BCUT2D eigenvalue weighted by Gasteiger charge is -2.26. The smallest absolute Gasteiger partial charge is 0.253 e. The van der Waals surface area contributed by atoms with Crippen molar-refractivity contribution in [3.8, 4) is 0 Å². The van der Waals surface area contributed by atoms with E-state index < -0.39 is 0 Å². The molecule has 2 N–H and O–H groups in total. The number of benzene rings is 2. The molecule has 0 spiro atoms. The van der Waals surface area contributed by atoms with Crippen molar-refractivity contribution < 1.29 is 14.4 Å². The van der Waals surface area contributed by atoms with E-state index in [1.165, 1.54) is 0 Å². The largest absolute Gasteiger partial charge is 0.343 e. The van der Waals surface area contributed by atoms with Gasteiger partial charge in [-0.3, -0.25) is 14.4 Å². The highest BCUT2D eigenvalue weighted by molar-refractivity contribution is 6.00. The molecule has 2 aromatic carbocycles. The Hall–Kier alpha value is -3.15. The summed E-state index contributed by atoms with van der Waals surface area (Å²) in [6, 6.07) is 15.6. The molecule has 1 fully saturated rings. The summed E-state index contributed by atoms with van der Waals surface area (Å²) in [5.74, 6) is -0.662. The fourth-order valence-corrected chi connectivity index (χ4v) is 3.07. The molecule has 3 amide bonds. The molecule has 0 aromatic heterocycles. The summed E-state index contributed by atoms with van der Waals surface area (Å²) in [4.78, 5) is 38.5. The number of nitrogens with one attached hydrogen (secondary N) is 2. The molecule has 2 aromatic rings. The van der Waals surface area contributed by atoms with E-state index in [0.29, 0.717) is 16.8 Å². The summed E-state index contributed by atoms with van der Waals surface area (Å²) >= 11 is 0. The van der Waals surface area contributed by atoms with Crippen molar-refractivity contribution in [3.05, 3.63) is 65.7 Å². The van der Waals surface area contributed by atoms with Crippen LogP contribution in [0.2, 0.25) is 0 Å². The van der Waals surface area contributed by atoms with Gasteiger partial charge in [-0.2, -0.15) is 0 Å². The number of carbonyl (C=O) groups is 3. The average molecular weight is 365 g/mol. The maximum Gasteiger partial charge on any atom is 0.253 e. The van der Waals surface area contributed by atoms with Gasteiger partial charge >= 0.3 is 0 Å². The normalized spacial score (nSPS) is 13.7. The molecular weight excluding hydrogens is 342 g/mol. The third-order valence-electron chi connectivity index (χ3n) is 4.48. The van der Waals surface area contributed by atoms with Crippen LogP contribution in [0.5, 0.6) is 0 Å². The van der Waals surface area contributed by atoms with Gasteiger partial charge in [0.25, 0.3) is 11.8 Å². The minimum atomic E-state index is -0.346. The van der Waals surface area contributed by atoms with E-state index in [0.717, 1.165) is 32.4 Å². The van der Waals surface area contributed by atoms with Crippen molar-refractivity contribution in [2.45, 2.75) is 19.3 Å². The molecule has 6 nitrogen and oxygen atoms in total. The summed E-state index contributed by atoms with van der Waals surface area (Å²) < 4.78 is 0. The van der Waals surface area contributed by atoms with Gasteiger partial charge in [0.2, 0.25) is 5.91 Å². The Morgan fingerprint density at radius 3 is 2.30 bits per heavy atom. The standard InChI is InChI=1S/C21H23N3O3/c25-19(15-22-20(26)16-8-3-1-4-9-16)23-18-11-7-10-17(14-18)21(27)24-12-5-2-6-13-24/h1,3-4,7-11,14H,2,5-6,12-13,15H2,(H,22,26)(H,23,25). The summed E-state index contributed by atoms with van der Waals surface area (Å²) in [6.45, 7) is 1.42. The Balaban J connectivity index is 1.55. The second kappa shape index (κ2) is 8.98. The summed E-state index contributed by atoms with van der Waals surface area (Å²) in [5.41, 5.74) is 1.60. The van der Waals surface area contributed by atoms with Crippen LogP contribution in [0.3, 0.4) is 0 Å². The van der Waals surface area contributed by atoms with Crippen LogP contribution in [0.15, 0.2) is 54.6 Å². The van der Waals surface area contributed by atoms with Crippen LogP contribution in [-0.2, 0) is 4.79 Å². The van der Waals surface area contributed by atoms with Gasteiger partial charge in [-0.15, -0.1) is 0 Å². The van der Waals surface area contributed by atoms with Crippen LogP contribution < -0.4 is 10.6 Å². The lowest BCUT2D eigenvalue weighted by molar-refractivity contribution is -0.115. The van der Waals surface area contributed by atoms with Crippen molar-refractivity contribution in [3.63, 3.8) is 0 Å². The van der Waals surface area contributed by atoms with Gasteiger partial charge in [-0.05, 0) is 49.6 Å². The number of piperidine rings is 1. The molecule has 27 heavy (non-hydrogen) atoms. The van der Waals surface area contributed by atoms with Crippen LogP contribution >= 0.6 is 0 Å². The Morgan fingerprint density at radius 2 is 1.56 bits per heavy atom. The highest BCUT2D eigenvalue weighted by atomic mass is 16.2. The first-order valence-corrected chi connectivity index (χ1v) is 9.16. The van der Waals surface area contributed by atoms with Crippen molar-refractivity contribution >= 4 is 23.4 Å². The fourth-order valence-electron chi connectivity index (χ4n) is 3.07. The number of carbonyl (C=O) groups excluding carboxylic acids is 3. The lowest BCUT2D eigenvalue weighted by Crippen LogP contribution is -2.35. The zero-order chi connectivity index (χ0) is 19.1.